The number of anilines is 1. The number of rotatable bonds is 2. The van der Waals surface area contributed by atoms with Gasteiger partial charge in [-0.1, -0.05) is 0 Å². The maximum atomic E-state index is 13.2. The maximum absolute atomic E-state index is 13.2. The number of nitrogens with zero attached hydrogens (tertiary/aromatic N) is 2. The van der Waals surface area contributed by atoms with Crippen molar-refractivity contribution in [3.63, 3.8) is 0 Å². The van der Waals surface area contributed by atoms with Gasteiger partial charge in [0, 0.05) is 12.6 Å². The van der Waals surface area contributed by atoms with Gasteiger partial charge in [0.15, 0.2) is 23.3 Å². The molecule has 1 aromatic heterocycles. The molecule has 1 heterocycles. The molecule has 1 N–H and O–H groups in total. The van der Waals surface area contributed by atoms with Gasteiger partial charge in [-0.2, -0.15) is 0 Å². The Morgan fingerprint density at radius 3 is 2.21 bits per heavy atom. The molecular weight excluding hydrogens is 323 g/mol. The normalized spacial score (nSPS) is 10.6. The summed E-state index contributed by atoms with van der Waals surface area (Å²) in [6.07, 6.45) is 0. The van der Waals surface area contributed by atoms with Crippen molar-refractivity contribution in [2.45, 2.75) is 6.92 Å². The Bertz CT molecular complexity index is 623. The summed E-state index contributed by atoms with van der Waals surface area (Å²) in [7, 11) is 1.65. The number of benzene rings is 1. The summed E-state index contributed by atoms with van der Waals surface area (Å²) in [6.45, 7) is 1.71. The van der Waals surface area contributed by atoms with Gasteiger partial charge in [0.1, 0.15) is 5.82 Å². The molecule has 0 saturated carbocycles. The van der Waals surface area contributed by atoms with Gasteiger partial charge < -0.3 is 5.32 Å². The predicted octanol–water partition coefficient (Wildman–Crippen LogP) is 3.67. The minimum absolute atomic E-state index is 0.0727. The van der Waals surface area contributed by atoms with Crippen LogP contribution in [0.2, 0.25) is 0 Å². The molecule has 0 spiro atoms. The van der Waals surface area contributed by atoms with E-state index >= 15 is 0 Å². The largest absolute Gasteiger partial charge is 0.372 e. The first-order valence-corrected chi connectivity index (χ1v) is 6.10. The monoisotopic (exact) mass is 331 g/mol. The van der Waals surface area contributed by atoms with E-state index in [4.69, 9.17) is 0 Å². The Balaban J connectivity index is 2.62. The Morgan fingerprint density at radius 1 is 1.11 bits per heavy atom. The van der Waals surface area contributed by atoms with Crippen LogP contribution in [0.1, 0.15) is 5.69 Å². The van der Waals surface area contributed by atoms with Crippen LogP contribution in [0.4, 0.5) is 19.0 Å². The molecule has 1 aromatic carbocycles. The molecule has 0 aliphatic rings. The molecule has 0 radical (unpaired) electrons. The van der Waals surface area contributed by atoms with Gasteiger partial charge in [-0.3, -0.25) is 0 Å². The second-order valence-electron chi connectivity index (χ2n) is 3.80. The van der Waals surface area contributed by atoms with E-state index in [0.29, 0.717) is 16.0 Å². The standard InChI is InChI=1S/C12H9BrF3N3/c1-5-9(13)12(17-2)19-11(18-5)6-3-7(14)10(16)8(15)4-6/h3-4H,1-2H3,(H,17,18,19). The Morgan fingerprint density at radius 2 is 1.68 bits per heavy atom. The van der Waals surface area contributed by atoms with Gasteiger partial charge >= 0.3 is 0 Å². The maximum Gasteiger partial charge on any atom is 0.194 e. The SMILES string of the molecule is CNc1nc(-c2cc(F)c(F)c(F)c2)nc(C)c1Br. The van der Waals surface area contributed by atoms with Crippen LogP contribution >= 0.6 is 15.9 Å². The molecule has 100 valence electrons. The molecule has 0 amide bonds. The smallest absolute Gasteiger partial charge is 0.194 e. The van der Waals surface area contributed by atoms with Crippen LogP contribution in [0.15, 0.2) is 16.6 Å². The van der Waals surface area contributed by atoms with E-state index in [9.17, 15) is 13.2 Å². The molecule has 0 aliphatic heterocycles. The van der Waals surface area contributed by atoms with Crippen molar-refractivity contribution in [1.82, 2.24) is 9.97 Å². The van der Waals surface area contributed by atoms with Crippen LogP contribution in [0, 0.1) is 24.4 Å². The molecule has 0 saturated heterocycles. The molecule has 2 rings (SSSR count). The van der Waals surface area contributed by atoms with Crippen LogP contribution in [0.25, 0.3) is 11.4 Å². The predicted molar refractivity (Wildman–Crippen MR) is 69.3 cm³/mol. The van der Waals surface area contributed by atoms with Crippen molar-refractivity contribution in [2.24, 2.45) is 0 Å². The Kier molecular flexibility index (Phi) is 3.75. The van der Waals surface area contributed by atoms with Gasteiger partial charge in [0.25, 0.3) is 0 Å². The van der Waals surface area contributed by atoms with Gasteiger partial charge in [0.05, 0.1) is 10.2 Å². The van der Waals surface area contributed by atoms with E-state index in [1.165, 1.54) is 0 Å². The van der Waals surface area contributed by atoms with E-state index in [1.54, 1.807) is 14.0 Å². The third kappa shape index (κ3) is 2.56. The molecule has 0 fully saturated rings. The van der Waals surface area contributed by atoms with Gasteiger partial charge in [0.2, 0.25) is 0 Å². The van der Waals surface area contributed by atoms with Crippen molar-refractivity contribution in [1.29, 1.82) is 0 Å². The number of aromatic nitrogens is 2. The summed E-state index contributed by atoms with van der Waals surface area (Å²) in [4.78, 5) is 8.22. The van der Waals surface area contributed by atoms with E-state index < -0.39 is 17.5 Å². The zero-order valence-electron chi connectivity index (χ0n) is 10.1. The van der Waals surface area contributed by atoms with Crippen LogP contribution in [0.5, 0.6) is 0 Å². The van der Waals surface area contributed by atoms with Gasteiger partial charge in [-0.05, 0) is 35.0 Å². The zero-order chi connectivity index (χ0) is 14.2. The third-order valence-electron chi connectivity index (χ3n) is 2.50. The van der Waals surface area contributed by atoms with Crippen molar-refractivity contribution in [2.75, 3.05) is 12.4 Å². The van der Waals surface area contributed by atoms with E-state index in [0.717, 1.165) is 12.1 Å². The summed E-state index contributed by atoms with van der Waals surface area (Å²) in [5.74, 6) is -3.46. The highest BCUT2D eigenvalue weighted by Gasteiger charge is 2.15. The number of hydrogen-bond acceptors (Lipinski definition) is 3. The van der Waals surface area contributed by atoms with E-state index in [-0.39, 0.29) is 11.4 Å². The first kappa shape index (κ1) is 13.8. The van der Waals surface area contributed by atoms with Crippen molar-refractivity contribution in [3.8, 4) is 11.4 Å². The molecular formula is C12H9BrF3N3. The molecule has 0 atom stereocenters. The van der Waals surface area contributed by atoms with E-state index in [2.05, 4.69) is 31.2 Å². The average Bonchev–Trinajstić information content (AvgIpc) is 2.38. The lowest BCUT2D eigenvalue weighted by atomic mass is 10.2. The van der Waals surface area contributed by atoms with Gasteiger partial charge in [-0.25, -0.2) is 23.1 Å². The molecule has 2 aromatic rings. The molecule has 19 heavy (non-hydrogen) atoms. The van der Waals surface area contributed by atoms with Gasteiger partial charge in [-0.15, -0.1) is 0 Å². The Hall–Kier alpha value is -1.63. The second-order valence-corrected chi connectivity index (χ2v) is 4.59. The van der Waals surface area contributed by atoms with Crippen molar-refractivity contribution >= 4 is 21.7 Å². The van der Waals surface area contributed by atoms with Crippen LogP contribution in [-0.2, 0) is 0 Å². The molecule has 0 bridgehead atoms. The first-order valence-electron chi connectivity index (χ1n) is 5.31. The topological polar surface area (TPSA) is 37.8 Å². The lowest BCUT2D eigenvalue weighted by molar-refractivity contribution is 0.447. The third-order valence-corrected chi connectivity index (χ3v) is 3.45. The fourth-order valence-corrected chi connectivity index (χ4v) is 1.91. The number of aryl methyl sites for hydroxylation is 1. The number of halogens is 4. The molecule has 0 aliphatic carbocycles. The second kappa shape index (κ2) is 5.16. The molecule has 7 heteroatoms. The molecule has 0 unspecified atom stereocenters. The quantitative estimate of drug-likeness (QED) is 0.853. The minimum Gasteiger partial charge on any atom is -0.372 e. The summed E-state index contributed by atoms with van der Waals surface area (Å²) >= 11 is 3.29. The van der Waals surface area contributed by atoms with Crippen LogP contribution in [-0.4, -0.2) is 17.0 Å². The highest BCUT2D eigenvalue weighted by Crippen LogP contribution is 2.27. The minimum atomic E-state index is -1.51. The highest BCUT2D eigenvalue weighted by molar-refractivity contribution is 9.10. The number of hydrogen-bond donors (Lipinski definition) is 1. The highest BCUT2D eigenvalue weighted by atomic mass is 79.9. The average molecular weight is 332 g/mol. The summed E-state index contributed by atoms with van der Waals surface area (Å²) < 4.78 is 39.9. The van der Waals surface area contributed by atoms with Crippen LogP contribution < -0.4 is 5.32 Å². The lowest BCUT2D eigenvalue weighted by Crippen LogP contribution is -2.02. The summed E-state index contributed by atoms with van der Waals surface area (Å²) in [5.41, 5.74) is 0.669. The van der Waals surface area contributed by atoms with Crippen molar-refractivity contribution in [3.05, 3.63) is 39.8 Å². The van der Waals surface area contributed by atoms with Crippen LogP contribution in [0.3, 0.4) is 0 Å². The zero-order valence-corrected chi connectivity index (χ0v) is 11.6. The lowest BCUT2D eigenvalue weighted by Gasteiger charge is -2.09. The fourth-order valence-electron chi connectivity index (χ4n) is 1.54. The van der Waals surface area contributed by atoms with E-state index in [1.807, 2.05) is 0 Å². The van der Waals surface area contributed by atoms with Crippen molar-refractivity contribution < 1.29 is 13.2 Å². The Labute approximate surface area is 116 Å². The fraction of sp³-hybridized carbons (Fsp3) is 0.167. The summed E-state index contributed by atoms with van der Waals surface area (Å²) in [6, 6.07) is 1.72. The number of nitrogens with one attached hydrogen (secondary N) is 1. The first-order chi connectivity index (χ1) is 8.93. The molecule has 3 nitrogen and oxygen atoms in total. The summed E-state index contributed by atoms with van der Waals surface area (Å²) in [5, 5.41) is 2.83.